The van der Waals surface area contributed by atoms with E-state index in [2.05, 4.69) is 17.1 Å². The number of aryl methyl sites for hydroxylation is 2. The molecule has 2 atom stereocenters. The highest BCUT2D eigenvalue weighted by Gasteiger charge is 2.20. The summed E-state index contributed by atoms with van der Waals surface area (Å²) in [6.07, 6.45) is 5.91. The Labute approximate surface area is 125 Å². The highest BCUT2D eigenvalue weighted by Crippen LogP contribution is 2.30. The van der Waals surface area contributed by atoms with Crippen molar-refractivity contribution in [3.05, 3.63) is 15.6 Å². The highest BCUT2D eigenvalue weighted by molar-refractivity contribution is 7.11. The fraction of sp³-hybridized carbons (Fsp3) is 0.800. The van der Waals surface area contributed by atoms with Gasteiger partial charge in [-0.2, -0.15) is 0 Å². The van der Waals surface area contributed by atoms with E-state index in [1.807, 2.05) is 11.3 Å². The fourth-order valence-corrected chi connectivity index (χ4v) is 4.30. The standard InChI is InChI=1S/C15H25N3OS/c1-11(15-17-13-5-4-6-14(13)20-15)16-9-12(19)10-18-7-2-3-8-18/h11-12,16,19H,2-10H2,1H3. The van der Waals surface area contributed by atoms with Gasteiger partial charge in [0, 0.05) is 18.0 Å². The van der Waals surface area contributed by atoms with Gasteiger partial charge in [-0.05, 0) is 52.1 Å². The van der Waals surface area contributed by atoms with Crippen LogP contribution >= 0.6 is 11.3 Å². The zero-order valence-corrected chi connectivity index (χ0v) is 13.1. The fourth-order valence-electron chi connectivity index (χ4n) is 3.12. The van der Waals surface area contributed by atoms with Crippen LogP contribution in [-0.4, -0.2) is 47.3 Å². The van der Waals surface area contributed by atoms with Crippen molar-refractivity contribution >= 4 is 11.3 Å². The number of hydrogen-bond donors (Lipinski definition) is 2. The molecular formula is C15H25N3OS. The van der Waals surface area contributed by atoms with Crippen molar-refractivity contribution in [3.8, 4) is 0 Å². The Balaban J connectivity index is 1.44. The molecule has 2 unspecified atom stereocenters. The van der Waals surface area contributed by atoms with Crippen LogP contribution in [0.3, 0.4) is 0 Å². The molecule has 2 N–H and O–H groups in total. The number of β-amino-alcohol motifs (C(OH)–C–C–N with tert-alkyl or cyclic N) is 1. The summed E-state index contributed by atoms with van der Waals surface area (Å²) in [7, 11) is 0. The molecule has 5 heteroatoms. The first-order chi connectivity index (χ1) is 9.72. The first-order valence-electron chi connectivity index (χ1n) is 7.84. The molecule has 0 amide bonds. The minimum atomic E-state index is -0.276. The summed E-state index contributed by atoms with van der Waals surface area (Å²) in [6.45, 7) is 5.89. The van der Waals surface area contributed by atoms with Crippen LogP contribution in [0.5, 0.6) is 0 Å². The van der Waals surface area contributed by atoms with Gasteiger partial charge < -0.3 is 15.3 Å². The second-order valence-corrected chi connectivity index (χ2v) is 7.18. The Hall–Kier alpha value is -0.490. The molecule has 0 radical (unpaired) electrons. The van der Waals surface area contributed by atoms with E-state index in [1.54, 1.807) is 0 Å². The van der Waals surface area contributed by atoms with Gasteiger partial charge in [-0.25, -0.2) is 4.98 Å². The summed E-state index contributed by atoms with van der Waals surface area (Å²) in [5.74, 6) is 0. The molecule has 0 saturated carbocycles. The number of fused-ring (bicyclic) bond motifs is 1. The second kappa shape index (κ2) is 6.52. The SMILES string of the molecule is CC(NCC(O)CN1CCCC1)c1nc2c(s1)CCC2. The molecule has 1 aliphatic carbocycles. The van der Waals surface area contributed by atoms with E-state index in [0.717, 1.165) is 26.1 Å². The predicted molar refractivity (Wildman–Crippen MR) is 82.2 cm³/mol. The molecule has 0 aromatic carbocycles. The summed E-state index contributed by atoms with van der Waals surface area (Å²) in [5.41, 5.74) is 1.32. The van der Waals surface area contributed by atoms with Crippen molar-refractivity contribution in [2.75, 3.05) is 26.2 Å². The van der Waals surface area contributed by atoms with Crippen LogP contribution in [0.15, 0.2) is 0 Å². The largest absolute Gasteiger partial charge is 0.390 e. The maximum atomic E-state index is 10.1. The second-order valence-electron chi connectivity index (χ2n) is 6.07. The number of likely N-dealkylation sites (tertiary alicyclic amines) is 1. The van der Waals surface area contributed by atoms with Crippen LogP contribution in [0, 0.1) is 0 Å². The van der Waals surface area contributed by atoms with E-state index < -0.39 is 0 Å². The van der Waals surface area contributed by atoms with Gasteiger partial charge in [0.25, 0.3) is 0 Å². The number of rotatable bonds is 6. The van der Waals surface area contributed by atoms with Crippen LogP contribution < -0.4 is 5.32 Å². The molecule has 20 heavy (non-hydrogen) atoms. The van der Waals surface area contributed by atoms with Gasteiger partial charge in [0.1, 0.15) is 5.01 Å². The summed E-state index contributed by atoms with van der Waals surface area (Å²) >= 11 is 1.85. The molecule has 2 heterocycles. The Kier molecular flexibility index (Phi) is 4.71. The lowest BCUT2D eigenvalue weighted by Crippen LogP contribution is -2.37. The average Bonchev–Trinajstić information content (AvgIpc) is 3.11. The Morgan fingerprint density at radius 1 is 1.30 bits per heavy atom. The van der Waals surface area contributed by atoms with E-state index in [4.69, 9.17) is 4.98 Å². The number of aliphatic hydroxyl groups excluding tert-OH is 1. The van der Waals surface area contributed by atoms with E-state index in [-0.39, 0.29) is 12.1 Å². The molecule has 1 aliphatic heterocycles. The third kappa shape index (κ3) is 3.39. The molecular weight excluding hydrogens is 270 g/mol. The maximum absolute atomic E-state index is 10.1. The molecule has 1 saturated heterocycles. The van der Waals surface area contributed by atoms with E-state index in [9.17, 15) is 5.11 Å². The molecule has 0 bridgehead atoms. The number of thiazole rings is 1. The average molecular weight is 295 g/mol. The van der Waals surface area contributed by atoms with Crippen molar-refractivity contribution in [3.63, 3.8) is 0 Å². The summed E-state index contributed by atoms with van der Waals surface area (Å²) < 4.78 is 0. The topological polar surface area (TPSA) is 48.4 Å². The first kappa shape index (κ1) is 14.4. The monoisotopic (exact) mass is 295 g/mol. The van der Waals surface area contributed by atoms with Crippen LogP contribution in [0.1, 0.15) is 47.8 Å². The highest BCUT2D eigenvalue weighted by atomic mass is 32.1. The minimum absolute atomic E-state index is 0.249. The quantitative estimate of drug-likeness (QED) is 0.839. The lowest BCUT2D eigenvalue weighted by Gasteiger charge is -2.21. The molecule has 1 aromatic rings. The van der Waals surface area contributed by atoms with E-state index in [1.165, 1.54) is 41.3 Å². The zero-order chi connectivity index (χ0) is 13.9. The van der Waals surface area contributed by atoms with E-state index >= 15 is 0 Å². The van der Waals surface area contributed by atoms with Crippen molar-refractivity contribution in [1.29, 1.82) is 0 Å². The van der Waals surface area contributed by atoms with Gasteiger partial charge >= 0.3 is 0 Å². The Morgan fingerprint density at radius 2 is 2.10 bits per heavy atom. The van der Waals surface area contributed by atoms with Crippen LogP contribution in [-0.2, 0) is 12.8 Å². The number of nitrogens with one attached hydrogen (secondary N) is 1. The van der Waals surface area contributed by atoms with Crippen molar-refractivity contribution < 1.29 is 5.11 Å². The van der Waals surface area contributed by atoms with Gasteiger partial charge in [0.05, 0.1) is 17.8 Å². The van der Waals surface area contributed by atoms with Crippen LogP contribution in [0.2, 0.25) is 0 Å². The van der Waals surface area contributed by atoms with E-state index in [0.29, 0.717) is 6.54 Å². The van der Waals surface area contributed by atoms with Gasteiger partial charge in [-0.3, -0.25) is 0 Å². The normalized spacial score (nSPS) is 22.1. The van der Waals surface area contributed by atoms with Gasteiger partial charge in [-0.1, -0.05) is 0 Å². The van der Waals surface area contributed by atoms with Gasteiger partial charge in [-0.15, -0.1) is 11.3 Å². The van der Waals surface area contributed by atoms with Crippen LogP contribution in [0.4, 0.5) is 0 Å². The third-order valence-electron chi connectivity index (χ3n) is 4.31. The Morgan fingerprint density at radius 3 is 2.85 bits per heavy atom. The third-order valence-corrected chi connectivity index (χ3v) is 5.65. The lowest BCUT2D eigenvalue weighted by molar-refractivity contribution is 0.121. The number of aromatic nitrogens is 1. The predicted octanol–water partition coefficient (Wildman–Crippen LogP) is 1.74. The van der Waals surface area contributed by atoms with Crippen molar-refractivity contribution in [2.45, 2.75) is 51.2 Å². The smallest absolute Gasteiger partial charge is 0.110 e. The number of aliphatic hydroxyl groups is 1. The van der Waals surface area contributed by atoms with Crippen molar-refractivity contribution in [1.82, 2.24) is 15.2 Å². The van der Waals surface area contributed by atoms with Gasteiger partial charge in [0.15, 0.2) is 0 Å². The first-order valence-corrected chi connectivity index (χ1v) is 8.66. The lowest BCUT2D eigenvalue weighted by atomic mass is 10.3. The molecule has 3 rings (SSSR count). The summed E-state index contributed by atoms with van der Waals surface area (Å²) in [5, 5.41) is 14.7. The summed E-state index contributed by atoms with van der Waals surface area (Å²) in [6, 6.07) is 0.249. The maximum Gasteiger partial charge on any atom is 0.110 e. The molecule has 112 valence electrons. The van der Waals surface area contributed by atoms with Gasteiger partial charge in [0.2, 0.25) is 0 Å². The summed E-state index contributed by atoms with van der Waals surface area (Å²) in [4.78, 5) is 8.57. The number of hydrogen-bond acceptors (Lipinski definition) is 5. The number of nitrogens with zero attached hydrogens (tertiary/aromatic N) is 2. The molecule has 1 aromatic heterocycles. The Bertz CT molecular complexity index is 421. The van der Waals surface area contributed by atoms with Crippen LogP contribution in [0.25, 0.3) is 0 Å². The molecule has 0 spiro atoms. The molecule has 2 aliphatic rings. The minimum Gasteiger partial charge on any atom is -0.390 e. The zero-order valence-electron chi connectivity index (χ0n) is 12.3. The molecule has 1 fully saturated rings. The van der Waals surface area contributed by atoms with Crippen molar-refractivity contribution in [2.24, 2.45) is 0 Å². The molecule has 4 nitrogen and oxygen atoms in total.